The molecule has 0 aliphatic rings. The number of hydrogen-bond acceptors (Lipinski definition) is 4. The standard InChI is InChI=1S/C15H11F2N3O/c16-15(17)21-12-5-1-3-10(7-12)14(19)13(8-18)11-4-2-6-20-9-11/h1-7,9,15H,19H2/b14-13-. The minimum Gasteiger partial charge on any atom is -0.435 e. The number of pyridine rings is 1. The molecule has 0 amide bonds. The van der Waals surface area contributed by atoms with E-state index in [2.05, 4.69) is 9.72 Å². The number of rotatable bonds is 4. The van der Waals surface area contributed by atoms with E-state index < -0.39 is 6.61 Å². The van der Waals surface area contributed by atoms with Crippen LogP contribution in [0.3, 0.4) is 0 Å². The van der Waals surface area contributed by atoms with Crippen LogP contribution in [0.1, 0.15) is 11.1 Å². The number of alkyl halides is 2. The molecule has 1 aromatic carbocycles. The summed E-state index contributed by atoms with van der Waals surface area (Å²) in [5.74, 6) is -0.0195. The Morgan fingerprint density at radius 3 is 2.62 bits per heavy atom. The molecule has 0 saturated heterocycles. The molecular weight excluding hydrogens is 276 g/mol. The van der Waals surface area contributed by atoms with E-state index in [1.165, 1.54) is 24.4 Å². The molecule has 0 saturated carbocycles. The molecule has 106 valence electrons. The highest BCUT2D eigenvalue weighted by molar-refractivity contribution is 5.95. The topological polar surface area (TPSA) is 71.9 Å². The number of ether oxygens (including phenoxy) is 1. The molecule has 1 aromatic heterocycles. The summed E-state index contributed by atoms with van der Waals surface area (Å²) in [5, 5.41) is 9.26. The second-order valence-corrected chi connectivity index (χ2v) is 4.05. The van der Waals surface area contributed by atoms with Crippen LogP contribution in [0, 0.1) is 11.3 Å². The van der Waals surface area contributed by atoms with Gasteiger partial charge in [-0.3, -0.25) is 4.98 Å². The van der Waals surface area contributed by atoms with E-state index in [4.69, 9.17) is 5.73 Å². The van der Waals surface area contributed by atoms with Crippen LogP contribution >= 0.6 is 0 Å². The van der Waals surface area contributed by atoms with Gasteiger partial charge in [0.05, 0.1) is 11.3 Å². The third kappa shape index (κ3) is 3.54. The highest BCUT2D eigenvalue weighted by Crippen LogP contribution is 2.24. The average Bonchev–Trinajstić information content (AvgIpc) is 2.48. The fourth-order valence-electron chi connectivity index (χ4n) is 1.78. The molecule has 2 rings (SSSR count). The van der Waals surface area contributed by atoms with Crippen LogP contribution in [0.5, 0.6) is 5.75 Å². The molecule has 0 atom stereocenters. The number of nitrogens with zero attached hydrogens (tertiary/aromatic N) is 2. The summed E-state index contributed by atoms with van der Waals surface area (Å²) in [6.07, 6.45) is 3.08. The lowest BCUT2D eigenvalue weighted by Crippen LogP contribution is -2.04. The zero-order valence-corrected chi connectivity index (χ0v) is 10.8. The van der Waals surface area contributed by atoms with E-state index in [1.807, 2.05) is 6.07 Å². The summed E-state index contributed by atoms with van der Waals surface area (Å²) < 4.78 is 28.8. The van der Waals surface area contributed by atoms with E-state index in [1.54, 1.807) is 24.4 Å². The predicted octanol–water partition coefficient (Wildman–Crippen LogP) is 3.03. The van der Waals surface area contributed by atoms with Crippen molar-refractivity contribution in [3.63, 3.8) is 0 Å². The van der Waals surface area contributed by atoms with Gasteiger partial charge >= 0.3 is 6.61 Å². The second kappa shape index (κ2) is 6.48. The van der Waals surface area contributed by atoms with Crippen LogP contribution in [0.15, 0.2) is 48.8 Å². The number of aromatic nitrogens is 1. The molecule has 21 heavy (non-hydrogen) atoms. The van der Waals surface area contributed by atoms with E-state index >= 15 is 0 Å². The number of nitriles is 1. The molecule has 0 bridgehead atoms. The zero-order chi connectivity index (χ0) is 15.2. The molecule has 0 radical (unpaired) electrons. The van der Waals surface area contributed by atoms with Crippen molar-refractivity contribution in [2.45, 2.75) is 6.61 Å². The van der Waals surface area contributed by atoms with Crippen LogP contribution in [0.25, 0.3) is 11.3 Å². The molecule has 2 N–H and O–H groups in total. The first kappa shape index (κ1) is 14.5. The average molecular weight is 287 g/mol. The van der Waals surface area contributed by atoms with E-state index in [9.17, 15) is 14.0 Å². The van der Waals surface area contributed by atoms with Gasteiger partial charge in [0.25, 0.3) is 0 Å². The van der Waals surface area contributed by atoms with Crippen molar-refractivity contribution in [2.75, 3.05) is 0 Å². The van der Waals surface area contributed by atoms with Crippen molar-refractivity contribution in [2.24, 2.45) is 5.73 Å². The molecule has 0 unspecified atom stereocenters. The lowest BCUT2D eigenvalue weighted by Gasteiger charge is -2.09. The number of hydrogen-bond donors (Lipinski definition) is 1. The fourth-order valence-corrected chi connectivity index (χ4v) is 1.78. The van der Waals surface area contributed by atoms with Gasteiger partial charge in [0.1, 0.15) is 11.8 Å². The van der Waals surface area contributed by atoms with Gasteiger partial charge in [-0.2, -0.15) is 14.0 Å². The van der Waals surface area contributed by atoms with Gasteiger partial charge in [0.2, 0.25) is 0 Å². The first-order chi connectivity index (χ1) is 10.1. The second-order valence-electron chi connectivity index (χ2n) is 4.05. The smallest absolute Gasteiger partial charge is 0.387 e. The molecule has 1 heterocycles. The van der Waals surface area contributed by atoms with Gasteiger partial charge in [-0.15, -0.1) is 0 Å². The molecule has 0 fully saturated rings. The SMILES string of the molecule is N#C/C(=C(/N)c1cccc(OC(F)F)c1)c1cccnc1. The quantitative estimate of drug-likeness (QED) is 0.877. The maximum Gasteiger partial charge on any atom is 0.387 e. The minimum absolute atomic E-state index is 0.0195. The maximum atomic E-state index is 12.2. The minimum atomic E-state index is -2.92. The van der Waals surface area contributed by atoms with Gasteiger partial charge in [0.15, 0.2) is 0 Å². The van der Waals surface area contributed by atoms with Crippen LogP contribution in [-0.4, -0.2) is 11.6 Å². The van der Waals surface area contributed by atoms with Gasteiger partial charge in [-0.25, -0.2) is 0 Å². The monoisotopic (exact) mass is 287 g/mol. The maximum absolute atomic E-state index is 12.2. The fraction of sp³-hybridized carbons (Fsp3) is 0.0667. The van der Waals surface area contributed by atoms with Crippen molar-refractivity contribution in [1.29, 1.82) is 5.26 Å². The largest absolute Gasteiger partial charge is 0.435 e. The van der Waals surface area contributed by atoms with Crippen molar-refractivity contribution in [3.8, 4) is 11.8 Å². The van der Waals surface area contributed by atoms with Gasteiger partial charge in [0, 0.05) is 23.5 Å². The van der Waals surface area contributed by atoms with Crippen molar-refractivity contribution >= 4 is 11.3 Å². The summed E-state index contributed by atoms with van der Waals surface area (Å²) in [5.41, 5.74) is 7.34. The Bertz CT molecular complexity index is 694. The molecular formula is C15H11F2N3O. The van der Waals surface area contributed by atoms with Gasteiger partial charge in [-0.05, 0) is 18.2 Å². The van der Waals surface area contributed by atoms with Crippen LogP contribution in [-0.2, 0) is 0 Å². The Hall–Kier alpha value is -2.94. The van der Waals surface area contributed by atoms with Gasteiger partial charge in [-0.1, -0.05) is 18.2 Å². The summed E-state index contributed by atoms with van der Waals surface area (Å²) in [4.78, 5) is 3.92. The van der Waals surface area contributed by atoms with Crippen LogP contribution < -0.4 is 10.5 Å². The lowest BCUT2D eigenvalue weighted by atomic mass is 10.0. The molecule has 0 aliphatic heterocycles. The number of allylic oxidation sites excluding steroid dienone is 1. The predicted molar refractivity (Wildman–Crippen MR) is 73.9 cm³/mol. The van der Waals surface area contributed by atoms with E-state index in [-0.39, 0.29) is 17.0 Å². The summed E-state index contributed by atoms with van der Waals surface area (Å²) in [7, 11) is 0. The Kier molecular flexibility index (Phi) is 4.46. The Labute approximate surface area is 120 Å². The Morgan fingerprint density at radius 2 is 2.00 bits per heavy atom. The lowest BCUT2D eigenvalue weighted by molar-refractivity contribution is -0.0498. The van der Waals surface area contributed by atoms with E-state index in [0.717, 1.165) is 0 Å². The van der Waals surface area contributed by atoms with Crippen LogP contribution in [0.2, 0.25) is 0 Å². The molecule has 2 aromatic rings. The highest BCUT2D eigenvalue weighted by Gasteiger charge is 2.10. The summed E-state index contributed by atoms with van der Waals surface area (Å²) in [6, 6.07) is 11.3. The van der Waals surface area contributed by atoms with Gasteiger partial charge < -0.3 is 10.5 Å². The highest BCUT2D eigenvalue weighted by atomic mass is 19.3. The summed E-state index contributed by atoms with van der Waals surface area (Å²) in [6.45, 7) is -2.92. The number of nitrogens with two attached hydrogens (primary N) is 1. The third-order valence-corrected chi connectivity index (χ3v) is 2.70. The van der Waals surface area contributed by atoms with Crippen molar-refractivity contribution in [1.82, 2.24) is 4.98 Å². The van der Waals surface area contributed by atoms with Crippen molar-refractivity contribution < 1.29 is 13.5 Å². The van der Waals surface area contributed by atoms with E-state index in [0.29, 0.717) is 11.1 Å². The summed E-state index contributed by atoms with van der Waals surface area (Å²) >= 11 is 0. The normalized spacial score (nSPS) is 11.7. The molecule has 0 spiro atoms. The van der Waals surface area contributed by atoms with Crippen molar-refractivity contribution in [3.05, 3.63) is 59.9 Å². The molecule has 0 aliphatic carbocycles. The Balaban J connectivity index is 2.44. The van der Waals surface area contributed by atoms with Crippen LogP contribution in [0.4, 0.5) is 8.78 Å². The Morgan fingerprint density at radius 1 is 1.24 bits per heavy atom. The first-order valence-corrected chi connectivity index (χ1v) is 5.97. The molecule has 4 nitrogen and oxygen atoms in total. The number of benzene rings is 1. The number of halogens is 2. The molecule has 6 heteroatoms. The third-order valence-electron chi connectivity index (χ3n) is 2.70. The first-order valence-electron chi connectivity index (χ1n) is 5.97. The zero-order valence-electron chi connectivity index (χ0n) is 10.8.